The van der Waals surface area contributed by atoms with Gasteiger partial charge in [0, 0.05) is 5.56 Å². The van der Waals surface area contributed by atoms with E-state index in [2.05, 4.69) is 14.9 Å². The molecule has 0 aliphatic heterocycles. The smallest absolute Gasteiger partial charge is 0.269 e. The van der Waals surface area contributed by atoms with E-state index in [1.165, 1.54) is 12.1 Å². The lowest BCUT2D eigenvalue weighted by Crippen LogP contribution is -2.29. The third kappa shape index (κ3) is 4.31. The highest BCUT2D eigenvalue weighted by Crippen LogP contribution is 2.43. The minimum atomic E-state index is -2.36. The van der Waals surface area contributed by atoms with Crippen molar-refractivity contribution in [2.75, 3.05) is 4.90 Å². The maximum atomic E-state index is 15.5. The highest BCUT2D eigenvalue weighted by atomic mass is 19.2. The Hall–Kier alpha value is -5.91. The van der Waals surface area contributed by atoms with E-state index in [1.807, 2.05) is 0 Å². The van der Waals surface area contributed by atoms with Gasteiger partial charge >= 0.3 is 0 Å². The van der Waals surface area contributed by atoms with Crippen molar-refractivity contribution in [2.24, 2.45) is 5.10 Å². The monoisotopic (exact) mass is 537 g/mol. The number of nitriles is 3. The first-order valence-corrected chi connectivity index (χ1v) is 10.00. The number of anilines is 2. The van der Waals surface area contributed by atoms with Gasteiger partial charge < -0.3 is 0 Å². The summed E-state index contributed by atoms with van der Waals surface area (Å²) in [6, 6.07) is 3.59. The fourth-order valence-electron chi connectivity index (χ4n) is 3.50. The summed E-state index contributed by atoms with van der Waals surface area (Å²) in [5.41, 5.74) is -10.0. The molecule has 0 fully saturated rings. The van der Waals surface area contributed by atoms with Crippen molar-refractivity contribution in [3.63, 3.8) is 0 Å². The standard InChI is InChI=1S/C25H6F7N7/c1-10-12(7-33)18(27)21(30)24(17(10)26)39(25-22(31)19(28)13(8-34)20(29)23(25)32)16-6-11(15(9-35)36-2)4-5-14(16)38-37-3/h4-6H,1H3/b15-11+,38-14+. The van der Waals surface area contributed by atoms with Crippen LogP contribution in [0.5, 0.6) is 0 Å². The molecule has 0 saturated carbocycles. The van der Waals surface area contributed by atoms with Crippen LogP contribution in [0.15, 0.2) is 40.3 Å². The Balaban J connectivity index is 2.68. The lowest BCUT2D eigenvalue weighted by molar-refractivity contribution is 0.450. The number of nitrogens with zero attached hydrogens (tertiary/aromatic N) is 7. The van der Waals surface area contributed by atoms with Gasteiger partial charge in [-0.05, 0) is 24.6 Å². The fourth-order valence-corrected chi connectivity index (χ4v) is 3.50. The largest absolute Gasteiger partial charge is 0.297 e. The number of rotatable bonds is 3. The van der Waals surface area contributed by atoms with E-state index >= 15 is 17.6 Å². The molecule has 1 aliphatic rings. The Morgan fingerprint density at radius 2 is 1.31 bits per heavy atom. The van der Waals surface area contributed by atoms with Gasteiger partial charge in [0.2, 0.25) is 0 Å². The second-order valence-electron chi connectivity index (χ2n) is 7.30. The summed E-state index contributed by atoms with van der Waals surface area (Å²) in [7, 11) is 0. The van der Waals surface area contributed by atoms with Crippen molar-refractivity contribution in [2.45, 2.75) is 6.92 Å². The summed E-state index contributed by atoms with van der Waals surface area (Å²) in [6.07, 6.45) is 2.57. The molecule has 0 aromatic heterocycles. The molecule has 0 amide bonds. The number of hydrogen-bond donors (Lipinski definition) is 0. The fraction of sp³-hybridized carbons (Fsp3) is 0.0400. The van der Waals surface area contributed by atoms with Crippen LogP contribution in [0.1, 0.15) is 16.7 Å². The molecule has 0 atom stereocenters. The SMILES string of the molecule is [C-]#[N+]/N=C1C=C/C(=C(/C#N)[N+]#[C-])C=C\1N(c1c(F)c(C)c(C#N)c(F)c1F)c1c(F)c(F)c(C#N)c(F)c1F. The predicted octanol–water partition coefficient (Wildman–Crippen LogP) is 6.28. The third-order valence-corrected chi connectivity index (χ3v) is 5.31. The molecule has 0 spiro atoms. The maximum absolute atomic E-state index is 15.5. The van der Waals surface area contributed by atoms with E-state index in [0.717, 1.165) is 25.1 Å². The van der Waals surface area contributed by atoms with Gasteiger partial charge in [0.25, 0.3) is 5.70 Å². The van der Waals surface area contributed by atoms with E-state index in [9.17, 15) is 18.4 Å². The van der Waals surface area contributed by atoms with Gasteiger partial charge in [-0.25, -0.2) is 40.8 Å². The summed E-state index contributed by atoms with van der Waals surface area (Å²) in [5, 5.41) is 30.5. The number of allylic oxidation sites excluding steroid dienone is 5. The average molecular weight is 537 g/mol. The molecule has 0 N–H and O–H groups in total. The van der Waals surface area contributed by atoms with Crippen LogP contribution in [0, 0.1) is 94.8 Å². The Morgan fingerprint density at radius 1 is 0.795 bits per heavy atom. The Morgan fingerprint density at radius 3 is 1.77 bits per heavy atom. The molecule has 0 radical (unpaired) electrons. The van der Waals surface area contributed by atoms with E-state index in [4.69, 9.17) is 23.7 Å². The molecule has 0 heterocycles. The summed E-state index contributed by atoms with van der Waals surface area (Å²) >= 11 is 0. The zero-order chi connectivity index (χ0) is 29.2. The minimum absolute atomic E-state index is 0.202. The van der Waals surface area contributed by atoms with Gasteiger partial charge in [0.1, 0.15) is 29.1 Å². The molecule has 2 aromatic carbocycles. The van der Waals surface area contributed by atoms with Gasteiger partial charge in [0.15, 0.2) is 46.4 Å². The van der Waals surface area contributed by atoms with Crippen LogP contribution in [0.4, 0.5) is 42.1 Å². The summed E-state index contributed by atoms with van der Waals surface area (Å²) < 4.78 is 106. The van der Waals surface area contributed by atoms with Crippen molar-refractivity contribution < 1.29 is 30.7 Å². The molecular weight excluding hydrogens is 531 g/mol. The Kier molecular flexibility index (Phi) is 7.52. The normalized spacial score (nSPS) is 14.4. The lowest BCUT2D eigenvalue weighted by atomic mass is 9.99. The Labute approximate surface area is 214 Å². The highest BCUT2D eigenvalue weighted by molar-refractivity contribution is 6.14. The van der Waals surface area contributed by atoms with Crippen molar-refractivity contribution in [1.82, 2.24) is 0 Å². The van der Waals surface area contributed by atoms with Crippen molar-refractivity contribution in [3.8, 4) is 18.2 Å². The molecule has 1 aliphatic carbocycles. The molecule has 3 rings (SSSR count). The zero-order valence-electron chi connectivity index (χ0n) is 19.0. The quantitative estimate of drug-likeness (QED) is 0.152. The molecule has 0 unspecified atom stereocenters. The first-order chi connectivity index (χ1) is 18.5. The molecule has 0 bridgehead atoms. The molecule has 2 aromatic rings. The van der Waals surface area contributed by atoms with Crippen LogP contribution in [-0.2, 0) is 0 Å². The van der Waals surface area contributed by atoms with Crippen LogP contribution in [-0.4, -0.2) is 5.71 Å². The van der Waals surface area contributed by atoms with Crippen LogP contribution >= 0.6 is 0 Å². The van der Waals surface area contributed by atoms with E-state index in [0.29, 0.717) is 6.08 Å². The van der Waals surface area contributed by atoms with E-state index < -0.39 is 85.9 Å². The third-order valence-electron chi connectivity index (χ3n) is 5.31. The molecule has 39 heavy (non-hydrogen) atoms. The van der Waals surface area contributed by atoms with Crippen molar-refractivity contribution in [3.05, 3.63) is 116 Å². The first kappa shape index (κ1) is 27.7. The van der Waals surface area contributed by atoms with Gasteiger partial charge in [-0.3, -0.25) is 4.90 Å². The van der Waals surface area contributed by atoms with Gasteiger partial charge in [-0.15, -0.1) is 4.95 Å². The number of hydrogen-bond acceptors (Lipinski definition) is 5. The van der Waals surface area contributed by atoms with Gasteiger partial charge in [0.05, 0.1) is 29.0 Å². The highest BCUT2D eigenvalue weighted by Gasteiger charge is 2.38. The molecule has 7 nitrogen and oxygen atoms in total. The molecular formula is C25H6F7N7. The summed E-state index contributed by atoms with van der Waals surface area (Å²) in [5.74, 6) is -15.4. The van der Waals surface area contributed by atoms with Gasteiger partial charge in [-0.2, -0.15) is 17.1 Å². The lowest BCUT2D eigenvalue weighted by Gasteiger charge is -2.30. The summed E-state index contributed by atoms with van der Waals surface area (Å²) in [6.45, 7) is 14.9. The van der Waals surface area contributed by atoms with Crippen LogP contribution in [0.2, 0.25) is 0 Å². The average Bonchev–Trinajstić information content (AvgIpc) is 2.92. The second kappa shape index (κ2) is 10.6. The Bertz CT molecular complexity index is 1650. The second-order valence-corrected chi connectivity index (χ2v) is 7.30. The topological polar surface area (TPSA) is 95.7 Å². The number of halogens is 7. The molecule has 0 saturated heterocycles. The maximum Gasteiger partial charge on any atom is 0.269 e. The van der Waals surface area contributed by atoms with Crippen molar-refractivity contribution >= 4 is 17.1 Å². The first-order valence-electron chi connectivity index (χ1n) is 10.00. The number of benzene rings is 2. The van der Waals surface area contributed by atoms with Crippen LogP contribution in [0.3, 0.4) is 0 Å². The van der Waals surface area contributed by atoms with Crippen molar-refractivity contribution in [1.29, 1.82) is 15.8 Å². The molecule has 190 valence electrons. The minimum Gasteiger partial charge on any atom is -0.297 e. The van der Waals surface area contributed by atoms with E-state index in [1.54, 1.807) is 0 Å². The molecule has 14 heteroatoms. The van der Waals surface area contributed by atoms with Crippen LogP contribution < -0.4 is 4.90 Å². The summed E-state index contributed by atoms with van der Waals surface area (Å²) in [4.78, 5) is 5.41. The zero-order valence-corrected chi connectivity index (χ0v) is 19.0. The van der Waals surface area contributed by atoms with Gasteiger partial charge in [-0.1, -0.05) is 6.08 Å². The predicted molar refractivity (Wildman–Crippen MR) is 119 cm³/mol. The van der Waals surface area contributed by atoms with E-state index in [-0.39, 0.29) is 10.5 Å². The van der Waals surface area contributed by atoms with Crippen LogP contribution in [0.25, 0.3) is 9.80 Å².